The van der Waals surface area contributed by atoms with Gasteiger partial charge < -0.3 is 24.8 Å². The van der Waals surface area contributed by atoms with Gasteiger partial charge in [0.2, 0.25) is 6.17 Å². The van der Waals surface area contributed by atoms with E-state index in [1.54, 1.807) is 49.4 Å². The highest BCUT2D eigenvalue weighted by Crippen LogP contribution is 2.33. The van der Waals surface area contributed by atoms with Crippen molar-refractivity contribution in [2.24, 2.45) is 0 Å². The van der Waals surface area contributed by atoms with Gasteiger partial charge in [-0.25, -0.2) is 9.18 Å². The fraction of sp³-hybridized carbons (Fsp3) is 0.357. The molecular weight excluding hydrogens is 503 g/mol. The van der Waals surface area contributed by atoms with Crippen LogP contribution in [0, 0.1) is 0 Å². The molecule has 1 fully saturated rings. The van der Waals surface area contributed by atoms with Crippen LogP contribution in [0.1, 0.15) is 40.3 Å². The fourth-order valence-electron chi connectivity index (χ4n) is 4.83. The van der Waals surface area contributed by atoms with Crippen molar-refractivity contribution in [3.05, 3.63) is 77.0 Å². The molecule has 1 atom stereocenters. The van der Waals surface area contributed by atoms with Crippen molar-refractivity contribution in [2.45, 2.75) is 26.2 Å². The van der Waals surface area contributed by atoms with E-state index in [9.17, 15) is 14.4 Å². The number of amides is 2. The normalized spacial score (nSPS) is 16.1. The molecule has 3 aromatic rings. The minimum atomic E-state index is -1.85. The Hall–Kier alpha value is -4.25. The van der Waals surface area contributed by atoms with Crippen LogP contribution in [0.3, 0.4) is 0 Å². The third-order valence-corrected chi connectivity index (χ3v) is 7.07. The van der Waals surface area contributed by atoms with Gasteiger partial charge in [-0.15, -0.1) is 5.10 Å². The van der Waals surface area contributed by atoms with Gasteiger partial charge >= 0.3 is 6.09 Å². The first-order valence-electron chi connectivity index (χ1n) is 13.0. The van der Waals surface area contributed by atoms with Crippen LogP contribution in [0.4, 0.5) is 20.7 Å². The summed E-state index contributed by atoms with van der Waals surface area (Å²) in [5.74, 6) is -1.00. The van der Waals surface area contributed by atoms with E-state index in [2.05, 4.69) is 27.3 Å². The standard InChI is InChI=1S/C28H31FN6O4/c1-3-39-28(38)35-23-18-34(27(37)24(29)19-7-5-4-6-8-19)17-22(23)25(31-35)30-26(36)20-9-11-21(12-10-20)33-15-13-32(2)14-16-33/h4-12,24H,3,13-18H2,1-2H3,(H,30,31,36)/t24-/m1/s1. The highest BCUT2D eigenvalue weighted by molar-refractivity contribution is 6.04. The second-order valence-electron chi connectivity index (χ2n) is 9.64. The summed E-state index contributed by atoms with van der Waals surface area (Å²) in [6, 6.07) is 15.5. The molecule has 2 aliphatic heterocycles. The summed E-state index contributed by atoms with van der Waals surface area (Å²) in [6.45, 7) is 5.53. The Labute approximate surface area is 225 Å². The smallest absolute Gasteiger partial charge is 0.435 e. The molecule has 11 heteroatoms. The first-order valence-corrected chi connectivity index (χ1v) is 13.0. The van der Waals surface area contributed by atoms with Gasteiger partial charge in [0.05, 0.1) is 25.4 Å². The zero-order valence-corrected chi connectivity index (χ0v) is 22.0. The molecule has 1 saturated heterocycles. The first kappa shape index (κ1) is 26.4. The van der Waals surface area contributed by atoms with Crippen molar-refractivity contribution < 1.29 is 23.5 Å². The number of hydrogen-bond acceptors (Lipinski definition) is 7. The molecule has 5 rings (SSSR count). The molecule has 0 saturated carbocycles. The molecule has 204 valence electrons. The lowest BCUT2D eigenvalue weighted by molar-refractivity contribution is -0.137. The van der Waals surface area contributed by atoms with Crippen molar-refractivity contribution in [3.63, 3.8) is 0 Å². The Bertz CT molecular complexity index is 1350. The third-order valence-electron chi connectivity index (χ3n) is 7.07. The molecule has 10 nitrogen and oxygen atoms in total. The molecule has 2 aromatic carbocycles. The van der Waals surface area contributed by atoms with E-state index in [4.69, 9.17) is 4.74 Å². The second kappa shape index (κ2) is 11.2. The van der Waals surface area contributed by atoms with Crippen molar-refractivity contribution in [1.82, 2.24) is 19.6 Å². The van der Waals surface area contributed by atoms with Crippen molar-refractivity contribution in [1.29, 1.82) is 0 Å². The van der Waals surface area contributed by atoms with Gasteiger partial charge in [-0.3, -0.25) is 9.59 Å². The highest BCUT2D eigenvalue weighted by Gasteiger charge is 2.36. The average molecular weight is 535 g/mol. The molecule has 1 N–H and O–H groups in total. The number of anilines is 2. The summed E-state index contributed by atoms with van der Waals surface area (Å²) in [7, 11) is 2.10. The molecule has 0 aliphatic carbocycles. The van der Waals surface area contributed by atoms with Gasteiger partial charge in [0, 0.05) is 43.0 Å². The highest BCUT2D eigenvalue weighted by atomic mass is 19.1. The fourth-order valence-corrected chi connectivity index (χ4v) is 4.83. The molecule has 0 spiro atoms. The summed E-state index contributed by atoms with van der Waals surface area (Å²) < 4.78 is 21.2. The van der Waals surface area contributed by atoms with Crippen LogP contribution in [0.25, 0.3) is 0 Å². The number of piperazine rings is 1. The number of aromatic nitrogens is 2. The predicted molar refractivity (Wildman–Crippen MR) is 143 cm³/mol. The first-order chi connectivity index (χ1) is 18.9. The van der Waals surface area contributed by atoms with Crippen molar-refractivity contribution in [3.8, 4) is 0 Å². The van der Waals surface area contributed by atoms with Gasteiger partial charge in [0.15, 0.2) is 5.82 Å². The topological polar surface area (TPSA) is 100 Å². The minimum Gasteiger partial charge on any atom is -0.448 e. The van der Waals surface area contributed by atoms with E-state index >= 15 is 4.39 Å². The number of ether oxygens (including phenoxy) is 1. The Morgan fingerprint density at radius 3 is 2.36 bits per heavy atom. The molecule has 0 bridgehead atoms. The largest absolute Gasteiger partial charge is 0.448 e. The number of rotatable bonds is 6. The molecule has 1 aromatic heterocycles. The van der Waals surface area contributed by atoms with E-state index in [-0.39, 0.29) is 31.1 Å². The molecular formula is C28H31FN6O4. The van der Waals surface area contributed by atoms with Crippen LogP contribution < -0.4 is 10.2 Å². The number of alkyl halides is 1. The Morgan fingerprint density at radius 2 is 1.69 bits per heavy atom. The number of carbonyl (C=O) groups is 3. The summed E-state index contributed by atoms with van der Waals surface area (Å²) >= 11 is 0. The number of benzene rings is 2. The summed E-state index contributed by atoms with van der Waals surface area (Å²) in [4.78, 5) is 44.5. The lowest BCUT2D eigenvalue weighted by Crippen LogP contribution is -2.44. The number of fused-ring (bicyclic) bond motifs is 1. The zero-order valence-electron chi connectivity index (χ0n) is 22.0. The maximum absolute atomic E-state index is 15.0. The van der Waals surface area contributed by atoms with E-state index in [1.165, 1.54) is 4.90 Å². The summed E-state index contributed by atoms with van der Waals surface area (Å²) in [6.07, 6.45) is -2.59. The average Bonchev–Trinajstić information content (AvgIpc) is 3.54. The molecule has 0 unspecified atom stereocenters. The molecule has 0 radical (unpaired) electrons. The number of hydrogen-bond donors (Lipinski definition) is 1. The number of nitrogens with zero attached hydrogens (tertiary/aromatic N) is 5. The Kier molecular flexibility index (Phi) is 7.60. The zero-order chi connectivity index (χ0) is 27.5. The van der Waals surface area contributed by atoms with Crippen LogP contribution in [-0.2, 0) is 22.6 Å². The molecule has 2 amide bonds. The van der Waals surface area contributed by atoms with E-state index in [0.717, 1.165) is 36.5 Å². The number of halogens is 1. The quantitative estimate of drug-likeness (QED) is 0.517. The monoisotopic (exact) mass is 534 g/mol. The second-order valence-corrected chi connectivity index (χ2v) is 9.64. The number of carbonyl (C=O) groups excluding carboxylic acids is 3. The third kappa shape index (κ3) is 5.49. The molecule has 2 aliphatic rings. The summed E-state index contributed by atoms with van der Waals surface area (Å²) in [5, 5.41) is 7.05. The lowest BCUT2D eigenvalue weighted by Gasteiger charge is -2.34. The van der Waals surface area contributed by atoms with Crippen LogP contribution in [0.2, 0.25) is 0 Å². The van der Waals surface area contributed by atoms with Crippen LogP contribution in [0.5, 0.6) is 0 Å². The van der Waals surface area contributed by atoms with Gasteiger partial charge in [0.25, 0.3) is 11.8 Å². The van der Waals surface area contributed by atoms with E-state index in [1.807, 2.05) is 12.1 Å². The Morgan fingerprint density at radius 1 is 1.00 bits per heavy atom. The van der Waals surface area contributed by atoms with Crippen LogP contribution in [0.15, 0.2) is 54.6 Å². The van der Waals surface area contributed by atoms with Gasteiger partial charge in [-0.05, 0) is 43.8 Å². The van der Waals surface area contributed by atoms with Crippen molar-refractivity contribution in [2.75, 3.05) is 50.1 Å². The number of likely N-dealkylation sites (N-methyl/N-ethyl adjacent to an activating group) is 1. The molecule has 3 heterocycles. The lowest BCUT2D eigenvalue weighted by atomic mass is 10.1. The van der Waals surface area contributed by atoms with E-state index in [0.29, 0.717) is 16.8 Å². The maximum atomic E-state index is 15.0. The number of nitrogens with one attached hydrogen (secondary N) is 1. The van der Waals surface area contributed by atoms with Gasteiger partial charge in [-0.1, -0.05) is 30.3 Å². The van der Waals surface area contributed by atoms with Crippen LogP contribution in [-0.4, -0.2) is 77.3 Å². The maximum Gasteiger partial charge on any atom is 0.435 e. The van der Waals surface area contributed by atoms with Crippen LogP contribution >= 0.6 is 0 Å². The SMILES string of the molecule is CCOC(=O)n1nc(NC(=O)c2ccc(N3CCN(C)CC3)cc2)c2c1CN(C(=O)[C@H](F)c1ccccc1)C2. The minimum absolute atomic E-state index is 0.00121. The van der Waals surface area contributed by atoms with E-state index < -0.39 is 24.1 Å². The van der Waals surface area contributed by atoms with Gasteiger partial charge in [0.1, 0.15) is 0 Å². The Balaban J connectivity index is 1.34. The van der Waals surface area contributed by atoms with Gasteiger partial charge in [-0.2, -0.15) is 4.68 Å². The predicted octanol–water partition coefficient (Wildman–Crippen LogP) is 3.44. The molecule has 39 heavy (non-hydrogen) atoms. The van der Waals surface area contributed by atoms with Crippen molar-refractivity contribution >= 4 is 29.4 Å². The summed E-state index contributed by atoms with van der Waals surface area (Å²) in [5.41, 5.74) is 2.56.